The summed E-state index contributed by atoms with van der Waals surface area (Å²) in [5, 5.41) is 4.67. The molecule has 1 aliphatic carbocycles. The Balaban J connectivity index is 1.15. The predicted molar refractivity (Wildman–Crippen MR) is 113 cm³/mol. The molecule has 1 radical (unpaired) electrons. The SMILES string of the molecule is O=C1CCCc2c(OCCCOc3ccc4c(c3)[N]c3ccccc3-4)cccc21. The molecule has 0 saturated carbocycles. The highest BCUT2D eigenvalue weighted by Crippen LogP contribution is 2.43. The van der Waals surface area contributed by atoms with E-state index in [1.807, 2.05) is 48.5 Å². The number of Topliss-reactive ketones (excluding diaryl/α,β-unsaturated/α-hetero) is 1. The van der Waals surface area contributed by atoms with E-state index in [0.29, 0.717) is 19.6 Å². The van der Waals surface area contributed by atoms with E-state index < -0.39 is 0 Å². The van der Waals surface area contributed by atoms with Gasteiger partial charge in [-0.25, -0.2) is 5.32 Å². The van der Waals surface area contributed by atoms with Gasteiger partial charge in [-0.05, 0) is 37.1 Å². The maximum absolute atomic E-state index is 12.0. The van der Waals surface area contributed by atoms with Crippen LogP contribution >= 0.6 is 0 Å². The van der Waals surface area contributed by atoms with Crippen LogP contribution in [0.4, 0.5) is 11.4 Å². The molecule has 1 heterocycles. The Kier molecular flexibility index (Phi) is 4.68. The summed E-state index contributed by atoms with van der Waals surface area (Å²) in [4.78, 5) is 12.0. The van der Waals surface area contributed by atoms with Crippen molar-refractivity contribution in [2.24, 2.45) is 0 Å². The first kappa shape index (κ1) is 17.8. The maximum atomic E-state index is 12.0. The van der Waals surface area contributed by atoms with Gasteiger partial charge in [-0.1, -0.05) is 30.3 Å². The Labute approximate surface area is 170 Å². The van der Waals surface area contributed by atoms with Gasteiger partial charge in [0.05, 0.1) is 24.6 Å². The number of rotatable bonds is 6. The molecule has 0 unspecified atom stereocenters. The van der Waals surface area contributed by atoms with Gasteiger partial charge >= 0.3 is 0 Å². The van der Waals surface area contributed by atoms with E-state index in [1.54, 1.807) is 0 Å². The fourth-order valence-corrected chi connectivity index (χ4v) is 4.06. The number of ketones is 1. The minimum Gasteiger partial charge on any atom is -0.493 e. The molecule has 3 aromatic carbocycles. The van der Waals surface area contributed by atoms with E-state index in [-0.39, 0.29) is 5.78 Å². The quantitative estimate of drug-likeness (QED) is 0.407. The molecule has 2 aliphatic rings. The molecular formula is C25H22NO3. The monoisotopic (exact) mass is 384 g/mol. The number of para-hydroxylation sites is 1. The number of hydrogen-bond donors (Lipinski definition) is 0. The Bertz CT molecular complexity index is 1070. The fourth-order valence-electron chi connectivity index (χ4n) is 4.06. The lowest BCUT2D eigenvalue weighted by molar-refractivity contribution is 0.0971. The van der Waals surface area contributed by atoms with Crippen molar-refractivity contribution in [1.82, 2.24) is 5.32 Å². The third kappa shape index (κ3) is 3.46. The molecule has 0 spiro atoms. The zero-order valence-corrected chi connectivity index (χ0v) is 16.2. The molecule has 29 heavy (non-hydrogen) atoms. The van der Waals surface area contributed by atoms with Crippen LogP contribution in [0.15, 0.2) is 60.7 Å². The molecule has 0 N–H and O–H groups in total. The molecule has 0 aromatic heterocycles. The lowest BCUT2D eigenvalue weighted by Gasteiger charge is -2.18. The van der Waals surface area contributed by atoms with E-state index in [1.165, 1.54) is 5.56 Å². The van der Waals surface area contributed by atoms with E-state index in [9.17, 15) is 4.79 Å². The summed E-state index contributed by atoms with van der Waals surface area (Å²) in [6.07, 6.45) is 3.23. The molecule has 5 rings (SSSR count). The molecule has 4 heteroatoms. The first-order valence-electron chi connectivity index (χ1n) is 10.2. The molecule has 0 atom stereocenters. The van der Waals surface area contributed by atoms with Crippen LogP contribution in [-0.4, -0.2) is 19.0 Å². The van der Waals surface area contributed by atoms with Crippen LogP contribution in [0.1, 0.15) is 35.2 Å². The number of hydrogen-bond acceptors (Lipinski definition) is 3. The van der Waals surface area contributed by atoms with Gasteiger partial charge in [-0.15, -0.1) is 0 Å². The van der Waals surface area contributed by atoms with Crippen LogP contribution in [-0.2, 0) is 6.42 Å². The highest BCUT2D eigenvalue weighted by Gasteiger charge is 2.21. The summed E-state index contributed by atoms with van der Waals surface area (Å²) >= 11 is 0. The van der Waals surface area contributed by atoms with E-state index in [4.69, 9.17) is 9.47 Å². The first-order valence-corrected chi connectivity index (χ1v) is 10.2. The molecule has 0 fully saturated rings. The smallest absolute Gasteiger partial charge is 0.163 e. The summed E-state index contributed by atoms with van der Waals surface area (Å²) < 4.78 is 11.9. The van der Waals surface area contributed by atoms with Gasteiger partial charge < -0.3 is 9.47 Å². The second kappa shape index (κ2) is 7.63. The van der Waals surface area contributed by atoms with Gasteiger partial charge in [0.15, 0.2) is 5.78 Å². The van der Waals surface area contributed by atoms with Gasteiger partial charge in [-0.3, -0.25) is 4.79 Å². The highest BCUT2D eigenvalue weighted by atomic mass is 16.5. The molecule has 3 aromatic rings. The van der Waals surface area contributed by atoms with Crippen molar-refractivity contribution < 1.29 is 14.3 Å². The van der Waals surface area contributed by atoms with Gasteiger partial charge in [0.2, 0.25) is 0 Å². The van der Waals surface area contributed by atoms with Gasteiger partial charge in [0.1, 0.15) is 11.5 Å². The largest absolute Gasteiger partial charge is 0.493 e. The van der Waals surface area contributed by atoms with Crippen molar-refractivity contribution >= 4 is 17.2 Å². The average Bonchev–Trinajstić information content (AvgIpc) is 3.12. The number of fused-ring (bicyclic) bond motifs is 4. The lowest BCUT2D eigenvalue weighted by Crippen LogP contribution is -2.13. The summed E-state index contributed by atoms with van der Waals surface area (Å²) in [5.41, 5.74) is 6.18. The minimum atomic E-state index is 0.226. The van der Waals surface area contributed by atoms with Crippen molar-refractivity contribution in [3.63, 3.8) is 0 Å². The standard InChI is InChI=1S/C25H22NO3/c27-24-10-3-8-21-20(24)7-4-11-25(21)29-15-5-14-28-17-12-13-19-18-6-1-2-9-22(18)26-23(19)16-17/h1-2,4,6-7,9,11-13,16H,3,5,8,10,14-15H2. The van der Waals surface area contributed by atoms with Crippen LogP contribution < -0.4 is 14.8 Å². The van der Waals surface area contributed by atoms with Crippen LogP contribution in [0.3, 0.4) is 0 Å². The summed E-state index contributed by atoms with van der Waals surface area (Å²) in [5.74, 6) is 1.89. The van der Waals surface area contributed by atoms with Crippen molar-refractivity contribution in [3.8, 4) is 22.6 Å². The van der Waals surface area contributed by atoms with Crippen molar-refractivity contribution in [2.75, 3.05) is 13.2 Å². The number of carbonyl (C=O) groups is 1. The van der Waals surface area contributed by atoms with Crippen LogP contribution in [0.25, 0.3) is 11.1 Å². The zero-order chi connectivity index (χ0) is 19.6. The third-order valence-electron chi connectivity index (χ3n) is 5.48. The predicted octanol–water partition coefficient (Wildman–Crippen LogP) is 5.60. The zero-order valence-electron chi connectivity index (χ0n) is 16.2. The molecular weight excluding hydrogens is 362 g/mol. The molecule has 145 valence electrons. The van der Waals surface area contributed by atoms with Gasteiger partial charge in [-0.2, -0.15) is 0 Å². The number of carbonyl (C=O) groups excluding carboxylic acids is 1. The Morgan fingerprint density at radius 2 is 1.62 bits per heavy atom. The average molecular weight is 384 g/mol. The Morgan fingerprint density at radius 1 is 0.793 bits per heavy atom. The van der Waals surface area contributed by atoms with Gasteiger partial charge in [0.25, 0.3) is 0 Å². The third-order valence-corrected chi connectivity index (χ3v) is 5.48. The molecule has 0 amide bonds. The van der Waals surface area contributed by atoms with Crippen LogP contribution in [0.2, 0.25) is 0 Å². The topological polar surface area (TPSA) is 49.6 Å². The normalized spacial score (nSPS) is 13.9. The fraction of sp³-hybridized carbons (Fsp3) is 0.240. The first-order chi connectivity index (χ1) is 14.3. The highest BCUT2D eigenvalue weighted by molar-refractivity contribution is 5.99. The minimum absolute atomic E-state index is 0.226. The van der Waals surface area contributed by atoms with E-state index >= 15 is 0 Å². The molecule has 0 saturated heterocycles. The summed E-state index contributed by atoms with van der Waals surface area (Å²) in [7, 11) is 0. The van der Waals surface area contributed by atoms with Crippen LogP contribution in [0.5, 0.6) is 11.5 Å². The van der Waals surface area contributed by atoms with Crippen molar-refractivity contribution in [3.05, 3.63) is 71.8 Å². The summed E-state index contributed by atoms with van der Waals surface area (Å²) in [6, 6.07) is 20.0. The second-order valence-electron chi connectivity index (χ2n) is 7.42. The number of benzene rings is 3. The number of nitrogens with zero attached hydrogens (tertiary/aromatic N) is 1. The maximum Gasteiger partial charge on any atom is 0.163 e. The van der Waals surface area contributed by atoms with E-state index in [0.717, 1.165) is 58.8 Å². The summed E-state index contributed by atoms with van der Waals surface area (Å²) in [6.45, 7) is 1.13. The van der Waals surface area contributed by atoms with Crippen molar-refractivity contribution in [2.45, 2.75) is 25.7 Å². The molecule has 1 aliphatic heterocycles. The van der Waals surface area contributed by atoms with Gasteiger partial charge in [0, 0.05) is 41.2 Å². The lowest BCUT2D eigenvalue weighted by atomic mass is 9.90. The Hall–Kier alpha value is -3.27. The van der Waals surface area contributed by atoms with E-state index in [2.05, 4.69) is 17.4 Å². The number of ether oxygens (including phenoxy) is 2. The molecule has 4 nitrogen and oxygen atoms in total. The van der Waals surface area contributed by atoms with Crippen molar-refractivity contribution in [1.29, 1.82) is 0 Å². The Morgan fingerprint density at radius 3 is 2.59 bits per heavy atom. The second-order valence-corrected chi connectivity index (χ2v) is 7.42. The van der Waals surface area contributed by atoms with Crippen LogP contribution in [0, 0.1) is 0 Å². The molecule has 0 bridgehead atoms.